The first-order valence-corrected chi connectivity index (χ1v) is 6.98. The van der Waals surface area contributed by atoms with Crippen LogP contribution in [0.3, 0.4) is 0 Å². The fourth-order valence-electron chi connectivity index (χ4n) is 1.83. The van der Waals surface area contributed by atoms with Crippen molar-refractivity contribution in [1.82, 2.24) is 0 Å². The second-order valence-electron chi connectivity index (χ2n) is 4.36. The average Bonchev–Trinajstić information content (AvgIpc) is 2.29. The van der Waals surface area contributed by atoms with Gasteiger partial charge in [-0.25, -0.2) is 0 Å². The summed E-state index contributed by atoms with van der Waals surface area (Å²) in [5.41, 5.74) is 0. The summed E-state index contributed by atoms with van der Waals surface area (Å²) in [6, 6.07) is 0. The minimum absolute atomic E-state index is 0.0395. The highest BCUT2D eigenvalue weighted by molar-refractivity contribution is 9.09. The highest BCUT2D eigenvalue weighted by Crippen LogP contribution is 2.28. The minimum Gasteiger partial charge on any atom is -0.463 e. The Hall–Kier alpha value is -1.15. The van der Waals surface area contributed by atoms with Crippen molar-refractivity contribution in [2.24, 2.45) is 0 Å². The van der Waals surface area contributed by atoms with Gasteiger partial charge in [0.1, 0.15) is 29.9 Å². The number of halogens is 1. The number of rotatable bonds is 4. The van der Waals surface area contributed by atoms with E-state index in [0.717, 1.165) is 0 Å². The van der Waals surface area contributed by atoms with Crippen LogP contribution in [0.2, 0.25) is 0 Å². The molecule has 7 nitrogen and oxygen atoms in total. The van der Waals surface area contributed by atoms with Crippen molar-refractivity contribution in [1.29, 1.82) is 0 Å². The third-order valence-corrected chi connectivity index (χ3v) is 3.37. The zero-order valence-corrected chi connectivity index (χ0v) is 13.0. The Bertz CT molecular complexity index is 384. The van der Waals surface area contributed by atoms with E-state index >= 15 is 0 Å². The van der Waals surface area contributed by atoms with Crippen molar-refractivity contribution >= 4 is 33.8 Å². The number of hydrogen-bond acceptors (Lipinski definition) is 7. The Morgan fingerprint density at radius 2 is 1.60 bits per heavy atom. The fourth-order valence-corrected chi connectivity index (χ4v) is 2.43. The number of esters is 3. The Labute approximate surface area is 125 Å². The lowest BCUT2D eigenvalue weighted by Crippen LogP contribution is -2.50. The molecule has 0 aliphatic carbocycles. The molecule has 0 amide bonds. The predicted molar refractivity (Wildman–Crippen MR) is 69.9 cm³/mol. The summed E-state index contributed by atoms with van der Waals surface area (Å²) in [4.78, 5) is 32.9. The molecule has 0 saturated carbocycles. The highest BCUT2D eigenvalue weighted by atomic mass is 79.9. The van der Waals surface area contributed by atoms with E-state index in [1.54, 1.807) is 0 Å². The van der Waals surface area contributed by atoms with Crippen LogP contribution in [-0.2, 0) is 33.3 Å². The predicted octanol–water partition coefficient (Wildman–Crippen LogP) is 0.923. The van der Waals surface area contributed by atoms with Crippen molar-refractivity contribution in [3.05, 3.63) is 0 Å². The molecule has 0 N–H and O–H groups in total. The third-order valence-electron chi connectivity index (χ3n) is 2.56. The lowest BCUT2D eigenvalue weighted by molar-refractivity contribution is -0.194. The van der Waals surface area contributed by atoms with Crippen molar-refractivity contribution in [2.75, 3.05) is 6.61 Å². The molecule has 1 aliphatic heterocycles. The van der Waals surface area contributed by atoms with E-state index in [2.05, 4.69) is 15.9 Å². The van der Waals surface area contributed by atoms with Crippen molar-refractivity contribution < 1.29 is 33.3 Å². The van der Waals surface area contributed by atoms with Crippen LogP contribution in [0.25, 0.3) is 0 Å². The molecule has 1 unspecified atom stereocenters. The third kappa shape index (κ3) is 5.46. The molecular weight excluding hydrogens is 336 g/mol. The first-order valence-electron chi connectivity index (χ1n) is 6.07. The summed E-state index contributed by atoms with van der Waals surface area (Å²) in [5, 5.41) is -0.557. The van der Waals surface area contributed by atoms with E-state index in [4.69, 9.17) is 18.9 Å². The molecule has 0 radical (unpaired) electrons. The Morgan fingerprint density at radius 3 is 2.10 bits per heavy atom. The van der Waals surface area contributed by atoms with Gasteiger partial charge in [-0.3, -0.25) is 14.4 Å². The lowest BCUT2D eigenvalue weighted by atomic mass is 10.0. The van der Waals surface area contributed by atoms with Crippen LogP contribution < -0.4 is 0 Å². The monoisotopic (exact) mass is 352 g/mol. The number of hydrogen-bond donors (Lipinski definition) is 0. The molecule has 20 heavy (non-hydrogen) atoms. The number of carbonyl (C=O) groups is 3. The molecule has 114 valence electrons. The molecule has 1 saturated heterocycles. The van der Waals surface area contributed by atoms with E-state index in [0.29, 0.717) is 0 Å². The van der Waals surface area contributed by atoms with Crippen LogP contribution in [-0.4, -0.2) is 47.8 Å². The Morgan fingerprint density at radius 1 is 1.05 bits per heavy atom. The zero-order valence-electron chi connectivity index (χ0n) is 11.5. The van der Waals surface area contributed by atoms with Gasteiger partial charge in [-0.05, 0) is 0 Å². The fraction of sp³-hybridized carbons (Fsp3) is 0.750. The molecular formula is C12H17BrO7. The maximum atomic E-state index is 11.1. The second-order valence-corrected chi connectivity index (χ2v) is 5.26. The molecule has 0 spiro atoms. The van der Waals surface area contributed by atoms with Gasteiger partial charge in [0.15, 0.2) is 0 Å². The molecule has 1 fully saturated rings. The molecule has 0 aromatic heterocycles. The normalized spacial score (nSPS) is 29.4. The second kappa shape index (κ2) is 7.58. The standard InChI is InChI=1S/C12H17BrO7/c1-6(14)17-5-11-9(18-7(2)15)4-10(12(13)20-11)19-8(3)16/h9-12H,4-5H2,1-3H3/t9-,10+,11+,12?/m1/s1. The van der Waals surface area contributed by atoms with Gasteiger partial charge in [0.25, 0.3) is 0 Å². The largest absolute Gasteiger partial charge is 0.463 e. The molecule has 0 aromatic rings. The summed E-state index contributed by atoms with van der Waals surface area (Å²) < 4.78 is 20.6. The molecule has 0 bridgehead atoms. The van der Waals surface area contributed by atoms with E-state index < -0.39 is 41.2 Å². The smallest absolute Gasteiger partial charge is 0.303 e. The van der Waals surface area contributed by atoms with Gasteiger partial charge in [0, 0.05) is 27.2 Å². The molecule has 8 heteroatoms. The molecule has 1 aliphatic rings. The van der Waals surface area contributed by atoms with E-state index in [-0.39, 0.29) is 13.0 Å². The maximum Gasteiger partial charge on any atom is 0.303 e. The summed E-state index contributed by atoms with van der Waals surface area (Å²) >= 11 is 3.24. The van der Waals surface area contributed by atoms with Gasteiger partial charge in [0.05, 0.1) is 0 Å². The van der Waals surface area contributed by atoms with Crippen molar-refractivity contribution in [3.8, 4) is 0 Å². The van der Waals surface area contributed by atoms with Crippen molar-refractivity contribution in [3.63, 3.8) is 0 Å². The summed E-state index contributed by atoms with van der Waals surface area (Å²) in [6.45, 7) is 3.79. The van der Waals surface area contributed by atoms with Crippen LogP contribution >= 0.6 is 15.9 Å². The Balaban J connectivity index is 2.70. The van der Waals surface area contributed by atoms with Crippen LogP contribution in [0.4, 0.5) is 0 Å². The highest BCUT2D eigenvalue weighted by Gasteiger charge is 2.41. The molecule has 4 atom stereocenters. The first-order chi connectivity index (χ1) is 9.29. The molecule has 1 heterocycles. The topological polar surface area (TPSA) is 88.1 Å². The zero-order chi connectivity index (χ0) is 15.3. The number of alkyl halides is 1. The van der Waals surface area contributed by atoms with Gasteiger partial charge in [-0.2, -0.15) is 0 Å². The van der Waals surface area contributed by atoms with Crippen LogP contribution in [0, 0.1) is 0 Å². The van der Waals surface area contributed by atoms with Gasteiger partial charge >= 0.3 is 17.9 Å². The molecule has 0 aromatic carbocycles. The van der Waals surface area contributed by atoms with Crippen LogP contribution in [0.1, 0.15) is 27.2 Å². The summed E-state index contributed by atoms with van der Waals surface area (Å²) in [5.74, 6) is -1.40. The quantitative estimate of drug-likeness (QED) is 0.422. The number of carbonyl (C=O) groups excluding carboxylic acids is 3. The molecule has 1 rings (SSSR count). The lowest BCUT2D eigenvalue weighted by Gasteiger charge is -2.37. The van der Waals surface area contributed by atoms with Crippen LogP contribution in [0.5, 0.6) is 0 Å². The van der Waals surface area contributed by atoms with Gasteiger partial charge in [-0.1, -0.05) is 15.9 Å². The Kier molecular flexibility index (Phi) is 6.41. The maximum absolute atomic E-state index is 11.1. The van der Waals surface area contributed by atoms with E-state index in [1.165, 1.54) is 20.8 Å². The van der Waals surface area contributed by atoms with E-state index in [1.807, 2.05) is 0 Å². The van der Waals surface area contributed by atoms with Crippen LogP contribution in [0.15, 0.2) is 0 Å². The van der Waals surface area contributed by atoms with E-state index in [9.17, 15) is 14.4 Å². The minimum atomic E-state index is -0.648. The van der Waals surface area contributed by atoms with Gasteiger partial charge in [0.2, 0.25) is 0 Å². The van der Waals surface area contributed by atoms with Gasteiger partial charge in [-0.15, -0.1) is 0 Å². The summed E-state index contributed by atoms with van der Waals surface area (Å²) in [7, 11) is 0. The summed E-state index contributed by atoms with van der Waals surface area (Å²) in [6.07, 6.45) is -1.57. The SMILES string of the molecule is CC(=O)OC[C@@H]1OC(Br)[C@@H](OC(C)=O)C[C@H]1OC(C)=O. The van der Waals surface area contributed by atoms with Crippen molar-refractivity contribution in [2.45, 2.75) is 50.5 Å². The first kappa shape index (κ1) is 16.9. The average molecular weight is 353 g/mol. The van der Waals surface area contributed by atoms with Gasteiger partial charge < -0.3 is 18.9 Å². The number of ether oxygens (including phenoxy) is 4.